The molecule has 3 rings (SSSR count). The van der Waals surface area contributed by atoms with Crippen molar-refractivity contribution in [2.45, 2.75) is 33.2 Å². The third-order valence-electron chi connectivity index (χ3n) is 4.63. The molecule has 0 aromatic heterocycles. The minimum atomic E-state index is -3.35. The van der Waals surface area contributed by atoms with Crippen LogP contribution in [0.1, 0.15) is 43.0 Å². The van der Waals surface area contributed by atoms with Gasteiger partial charge < -0.3 is 0 Å². The number of hydrogen-bond acceptors (Lipinski definition) is 4. The van der Waals surface area contributed by atoms with Gasteiger partial charge in [-0.15, -0.1) is 0 Å². The van der Waals surface area contributed by atoms with Crippen LogP contribution in [0.5, 0.6) is 0 Å². The van der Waals surface area contributed by atoms with E-state index in [-0.39, 0.29) is 17.7 Å². The standard InChI is InChI=1S/C20H23N3O3S/c1-4-27(25,26)22-17-10-7-9-16(12-17)19-13-20(23(21-19)15(3)24)18-11-6-5-8-14(18)2/h5-12,20,22H,4,13H2,1-3H3. The number of nitrogens with zero attached hydrogens (tertiary/aromatic N) is 2. The number of benzene rings is 2. The summed E-state index contributed by atoms with van der Waals surface area (Å²) in [5, 5.41) is 6.05. The molecule has 1 unspecified atom stereocenters. The summed E-state index contributed by atoms with van der Waals surface area (Å²) in [4.78, 5) is 12.1. The summed E-state index contributed by atoms with van der Waals surface area (Å²) >= 11 is 0. The lowest BCUT2D eigenvalue weighted by Gasteiger charge is -2.22. The molecule has 0 aliphatic carbocycles. The number of nitrogens with one attached hydrogen (secondary N) is 1. The molecule has 1 heterocycles. The Kier molecular flexibility index (Phi) is 5.32. The number of sulfonamides is 1. The summed E-state index contributed by atoms with van der Waals surface area (Å²) in [6, 6.07) is 14.9. The summed E-state index contributed by atoms with van der Waals surface area (Å²) in [5.74, 6) is -0.118. The number of carbonyl (C=O) groups is 1. The molecule has 7 heteroatoms. The van der Waals surface area contributed by atoms with Crippen molar-refractivity contribution in [1.29, 1.82) is 0 Å². The van der Waals surface area contributed by atoms with Crippen molar-refractivity contribution in [1.82, 2.24) is 5.01 Å². The maximum Gasteiger partial charge on any atom is 0.240 e. The molecule has 0 saturated heterocycles. The van der Waals surface area contributed by atoms with Crippen LogP contribution in [0.4, 0.5) is 5.69 Å². The molecule has 142 valence electrons. The maximum absolute atomic E-state index is 12.1. The van der Waals surface area contributed by atoms with Gasteiger partial charge in [0.2, 0.25) is 15.9 Å². The number of anilines is 1. The fourth-order valence-electron chi connectivity index (χ4n) is 3.19. The Hall–Kier alpha value is -2.67. The molecule has 2 aromatic carbocycles. The average Bonchev–Trinajstić information content (AvgIpc) is 3.07. The summed E-state index contributed by atoms with van der Waals surface area (Å²) in [6.45, 7) is 5.11. The van der Waals surface area contributed by atoms with Crippen LogP contribution in [0, 0.1) is 6.92 Å². The number of carbonyl (C=O) groups excluding carboxylic acids is 1. The highest BCUT2D eigenvalue weighted by Crippen LogP contribution is 2.34. The van der Waals surface area contributed by atoms with Crippen molar-refractivity contribution < 1.29 is 13.2 Å². The zero-order chi connectivity index (χ0) is 19.6. The van der Waals surface area contributed by atoms with Gasteiger partial charge in [-0.2, -0.15) is 5.10 Å². The fraction of sp³-hybridized carbons (Fsp3) is 0.300. The highest BCUT2D eigenvalue weighted by molar-refractivity contribution is 7.92. The van der Waals surface area contributed by atoms with E-state index < -0.39 is 10.0 Å². The zero-order valence-electron chi connectivity index (χ0n) is 15.6. The van der Waals surface area contributed by atoms with Gasteiger partial charge in [-0.05, 0) is 42.7 Å². The van der Waals surface area contributed by atoms with Gasteiger partial charge in [0.15, 0.2) is 0 Å². The molecule has 0 spiro atoms. The minimum Gasteiger partial charge on any atom is -0.284 e. The minimum absolute atomic E-state index is 0.00560. The summed E-state index contributed by atoms with van der Waals surface area (Å²) in [7, 11) is -3.35. The second kappa shape index (κ2) is 7.52. The first kappa shape index (κ1) is 19.1. The zero-order valence-corrected chi connectivity index (χ0v) is 16.5. The Labute approximate surface area is 159 Å². The van der Waals surface area contributed by atoms with E-state index in [1.54, 1.807) is 25.1 Å². The lowest BCUT2D eigenvalue weighted by molar-refractivity contribution is -0.130. The van der Waals surface area contributed by atoms with Gasteiger partial charge >= 0.3 is 0 Å². The van der Waals surface area contributed by atoms with Gasteiger partial charge in [0.1, 0.15) is 0 Å². The number of rotatable bonds is 5. The second-order valence-electron chi connectivity index (χ2n) is 6.57. The van der Waals surface area contributed by atoms with Gasteiger partial charge in [-0.3, -0.25) is 9.52 Å². The van der Waals surface area contributed by atoms with Gasteiger partial charge in [-0.1, -0.05) is 36.4 Å². The van der Waals surface area contributed by atoms with E-state index in [4.69, 9.17) is 0 Å². The third kappa shape index (κ3) is 4.19. The molecule has 1 atom stereocenters. The second-order valence-corrected chi connectivity index (χ2v) is 8.58. The molecule has 1 aliphatic rings. The Bertz CT molecular complexity index is 999. The van der Waals surface area contributed by atoms with E-state index in [2.05, 4.69) is 9.82 Å². The summed E-state index contributed by atoms with van der Waals surface area (Å²) in [5.41, 5.74) is 4.22. The molecule has 0 fully saturated rings. The van der Waals surface area contributed by atoms with E-state index in [0.717, 1.165) is 22.4 Å². The third-order valence-corrected chi connectivity index (χ3v) is 5.94. The first-order valence-corrected chi connectivity index (χ1v) is 10.5. The van der Waals surface area contributed by atoms with Crippen LogP contribution >= 0.6 is 0 Å². The van der Waals surface area contributed by atoms with Crippen LogP contribution in [0.25, 0.3) is 0 Å². The fourth-order valence-corrected chi connectivity index (χ4v) is 3.82. The van der Waals surface area contributed by atoms with Crippen LogP contribution in [0.15, 0.2) is 53.6 Å². The van der Waals surface area contributed by atoms with Gasteiger partial charge in [-0.25, -0.2) is 13.4 Å². The van der Waals surface area contributed by atoms with Gasteiger partial charge in [0, 0.05) is 19.0 Å². The summed E-state index contributed by atoms with van der Waals surface area (Å²) in [6.07, 6.45) is 0.578. The van der Waals surface area contributed by atoms with Crippen LogP contribution in [-0.4, -0.2) is 30.8 Å². The SMILES string of the molecule is CCS(=O)(=O)Nc1cccc(C2=NN(C(C)=O)C(c3ccccc3C)C2)c1. The van der Waals surface area contributed by atoms with Crippen molar-refractivity contribution in [2.24, 2.45) is 5.10 Å². The molecular formula is C20H23N3O3S. The first-order chi connectivity index (χ1) is 12.8. The first-order valence-electron chi connectivity index (χ1n) is 8.84. The molecule has 27 heavy (non-hydrogen) atoms. The molecule has 0 saturated carbocycles. The number of hydrazone groups is 1. The van der Waals surface area contributed by atoms with E-state index in [0.29, 0.717) is 12.1 Å². The predicted molar refractivity (Wildman–Crippen MR) is 107 cm³/mol. The Morgan fingerprint density at radius 2 is 1.96 bits per heavy atom. The van der Waals surface area contributed by atoms with Crippen LogP contribution in [0.2, 0.25) is 0 Å². The molecule has 0 radical (unpaired) electrons. The van der Waals surface area contributed by atoms with Crippen molar-refractivity contribution in [3.05, 3.63) is 65.2 Å². The smallest absolute Gasteiger partial charge is 0.240 e. The lowest BCUT2D eigenvalue weighted by atomic mass is 9.95. The Morgan fingerprint density at radius 1 is 1.22 bits per heavy atom. The van der Waals surface area contributed by atoms with Gasteiger partial charge in [0.25, 0.3) is 0 Å². The molecular weight excluding hydrogens is 362 g/mol. The highest BCUT2D eigenvalue weighted by atomic mass is 32.2. The highest BCUT2D eigenvalue weighted by Gasteiger charge is 2.32. The Balaban J connectivity index is 1.93. The van der Waals surface area contributed by atoms with Crippen LogP contribution in [-0.2, 0) is 14.8 Å². The quantitative estimate of drug-likeness (QED) is 0.856. The Morgan fingerprint density at radius 3 is 2.63 bits per heavy atom. The number of hydrogen-bond donors (Lipinski definition) is 1. The molecule has 1 aliphatic heterocycles. The van der Waals surface area contributed by atoms with Crippen molar-refractivity contribution in [3.63, 3.8) is 0 Å². The molecule has 1 amide bonds. The van der Waals surface area contributed by atoms with Crippen molar-refractivity contribution >= 4 is 27.3 Å². The monoisotopic (exact) mass is 385 g/mol. The van der Waals surface area contributed by atoms with Crippen LogP contribution in [0.3, 0.4) is 0 Å². The maximum atomic E-state index is 12.1. The largest absolute Gasteiger partial charge is 0.284 e. The van der Waals surface area contributed by atoms with E-state index >= 15 is 0 Å². The average molecular weight is 385 g/mol. The lowest BCUT2D eigenvalue weighted by Crippen LogP contribution is -2.24. The van der Waals surface area contributed by atoms with E-state index in [1.807, 2.05) is 37.3 Å². The molecule has 2 aromatic rings. The summed E-state index contributed by atoms with van der Waals surface area (Å²) < 4.78 is 26.2. The van der Waals surface area contributed by atoms with Crippen molar-refractivity contribution in [2.75, 3.05) is 10.5 Å². The van der Waals surface area contributed by atoms with Gasteiger partial charge in [0.05, 0.1) is 17.5 Å². The number of amides is 1. The van der Waals surface area contributed by atoms with Crippen molar-refractivity contribution in [3.8, 4) is 0 Å². The normalized spacial score (nSPS) is 16.9. The topological polar surface area (TPSA) is 78.8 Å². The van der Waals surface area contributed by atoms with E-state index in [1.165, 1.54) is 11.9 Å². The molecule has 0 bridgehead atoms. The van der Waals surface area contributed by atoms with E-state index in [9.17, 15) is 13.2 Å². The number of aryl methyl sites for hydroxylation is 1. The van der Waals surface area contributed by atoms with Crippen LogP contribution < -0.4 is 4.72 Å². The molecule has 1 N–H and O–H groups in total. The predicted octanol–water partition coefficient (Wildman–Crippen LogP) is 3.45. The molecule has 6 nitrogen and oxygen atoms in total.